The first-order valence-corrected chi connectivity index (χ1v) is 25.7. The van der Waals surface area contributed by atoms with Crippen molar-refractivity contribution in [2.75, 3.05) is 13.2 Å². The van der Waals surface area contributed by atoms with E-state index in [9.17, 15) is 14.4 Å². The molecule has 1 unspecified atom stereocenters. The highest BCUT2D eigenvalue weighted by atomic mass is 16.6. The molecule has 354 valence electrons. The minimum Gasteiger partial charge on any atom is -0.462 e. The molecular weight excluding hydrogens is 769 g/mol. The highest BCUT2D eigenvalue weighted by molar-refractivity contribution is 5.71. The lowest BCUT2D eigenvalue weighted by molar-refractivity contribution is -0.167. The van der Waals surface area contributed by atoms with Gasteiger partial charge in [0, 0.05) is 19.3 Å². The fourth-order valence-corrected chi connectivity index (χ4v) is 6.98. The summed E-state index contributed by atoms with van der Waals surface area (Å²) in [5.41, 5.74) is 0. The van der Waals surface area contributed by atoms with Crippen molar-refractivity contribution in [1.82, 2.24) is 0 Å². The van der Waals surface area contributed by atoms with Gasteiger partial charge in [-0.2, -0.15) is 0 Å². The Morgan fingerprint density at radius 1 is 0.339 bits per heavy atom. The summed E-state index contributed by atoms with van der Waals surface area (Å²) in [5.74, 6) is -0.959. The molecule has 0 bridgehead atoms. The molecule has 6 nitrogen and oxygen atoms in total. The predicted octanol–water partition coefficient (Wildman–Crippen LogP) is 16.8. The molecule has 0 heterocycles. The maximum absolute atomic E-state index is 12.8. The smallest absolute Gasteiger partial charge is 0.306 e. The normalized spacial score (nSPS) is 12.8. The molecule has 0 rings (SSSR count). The van der Waals surface area contributed by atoms with Crippen molar-refractivity contribution in [3.63, 3.8) is 0 Å². The number of rotatable bonds is 45. The van der Waals surface area contributed by atoms with Crippen molar-refractivity contribution < 1.29 is 28.6 Å². The number of allylic oxidation sites excluding steroid dienone is 14. The lowest BCUT2D eigenvalue weighted by Gasteiger charge is -2.18. The highest BCUT2D eigenvalue weighted by Crippen LogP contribution is 2.16. The number of ether oxygens (including phenoxy) is 3. The predicted molar refractivity (Wildman–Crippen MR) is 265 cm³/mol. The Kier molecular flexibility index (Phi) is 47.5. The molecule has 1 atom stereocenters. The molecule has 0 fully saturated rings. The summed E-state index contributed by atoms with van der Waals surface area (Å²) in [5, 5.41) is 0. The molecule has 0 amide bonds. The van der Waals surface area contributed by atoms with Crippen LogP contribution in [0, 0.1) is 0 Å². The molecule has 62 heavy (non-hydrogen) atoms. The molecule has 0 aliphatic rings. The molecule has 0 saturated carbocycles. The SMILES string of the molecule is CC/C=C/C=C/C=C/C=C/CCCCCC(=O)OC(COC(=O)CCCCCCC/C=C/C=C/C=C/CC)COC(=O)CCCCCCCCCCCCCCCCCCCC. The second kappa shape index (κ2) is 50.2. The Hall–Kier alpha value is -3.41. The van der Waals surface area contributed by atoms with Crippen LogP contribution in [0.15, 0.2) is 85.1 Å². The first-order valence-electron chi connectivity index (χ1n) is 25.7. The van der Waals surface area contributed by atoms with Crippen molar-refractivity contribution in [2.45, 2.75) is 239 Å². The van der Waals surface area contributed by atoms with Gasteiger partial charge in [0.25, 0.3) is 0 Å². The molecule has 6 heteroatoms. The third kappa shape index (κ3) is 47.6. The van der Waals surface area contributed by atoms with E-state index in [0.29, 0.717) is 19.3 Å². The topological polar surface area (TPSA) is 78.9 Å². The maximum atomic E-state index is 12.8. The highest BCUT2D eigenvalue weighted by Gasteiger charge is 2.19. The van der Waals surface area contributed by atoms with Crippen molar-refractivity contribution in [2.24, 2.45) is 0 Å². The van der Waals surface area contributed by atoms with E-state index in [1.807, 2.05) is 36.5 Å². The zero-order valence-corrected chi connectivity index (χ0v) is 40.4. The molecule has 0 N–H and O–H groups in total. The van der Waals surface area contributed by atoms with Gasteiger partial charge in [-0.15, -0.1) is 0 Å². The van der Waals surface area contributed by atoms with Crippen molar-refractivity contribution in [3.8, 4) is 0 Å². The second-order valence-corrected chi connectivity index (χ2v) is 16.8. The van der Waals surface area contributed by atoms with Gasteiger partial charge in [-0.05, 0) is 57.8 Å². The van der Waals surface area contributed by atoms with Gasteiger partial charge in [-0.3, -0.25) is 14.4 Å². The summed E-state index contributed by atoms with van der Waals surface area (Å²) < 4.78 is 16.7. The molecule has 0 saturated heterocycles. The van der Waals surface area contributed by atoms with Crippen LogP contribution in [0.1, 0.15) is 233 Å². The van der Waals surface area contributed by atoms with E-state index >= 15 is 0 Å². The molecule has 0 aliphatic carbocycles. The van der Waals surface area contributed by atoms with Crippen LogP contribution in [0.3, 0.4) is 0 Å². The fraction of sp³-hybridized carbons (Fsp3) is 0.696. The lowest BCUT2D eigenvalue weighted by Crippen LogP contribution is -2.30. The van der Waals surface area contributed by atoms with E-state index < -0.39 is 6.10 Å². The van der Waals surface area contributed by atoms with E-state index in [2.05, 4.69) is 69.4 Å². The van der Waals surface area contributed by atoms with Gasteiger partial charge in [0.1, 0.15) is 13.2 Å². The molecule has 0 aromatic heterocycles. The zero-order valence-electron chi connectivity index (χ0n) is 40.4. The summed E-state index contributed by atoms with van der Waals surface area (Å²) in [6.45, 7) is 6.32. The standard InChI is InChI=1S/C56H94O6/c1-4-7-10-13-16-19-22-25-26-27-28-29-32-34-37-40-43-46-49-55(58)61-52-53(62-56(59)50-47-44-41-38-35-31-24-21-18-15-12-9-6-3)51-60-54(57)48-45-42-39-36-33-30-23-20-17-14-11-8-5-2/h8-9,11-12,14-15,17-18,20-21,23-24,31,35,53H,4-7,10,13,16,19,22,25-30,32-34,36-52H2,1-3H3/b11-8+,12-9+,17-14+,18-15+,23-20+,24-21+,35-31+. The Bertz CT molecular complexity index is 1220. The Morgan fingerprint density at radius 2 is 0.629 bits per heavy atom. The van der Waals surface area contributed by atoms with Crippen LogP contribution >= 0.6 is 0 Å². The molecular formula is C56H94O6. The monoisotopic (exact) mass is 863 g/mol. The molecule has 0 spiro atoms. The average Bonchev–Trinajstić information content (AvgIpc) is 3.27. The first kappa shape index (κ1) is 58.6. The number of carbonyl (C=O) groups is 3. The van der Waals surface area contributed by atoms with Crippen LogP contribution in [-0.2, 0) is 28.6 Å². The van der Waals surface area contributed by atoms with Crippen LogP contribution in [0.2, 0.25) is 0 Å². The molecule has 0 aromatic carbocycles. The summed E-state index contributed by atoms with van der Waals surface area (Å²) in [4.78, 5) is 37.9. The van der Waals surface area contributed by atoms with Gasteiger partial charge < -0.3 is 14.2 Å². The molecule has 0 aliphatic heterocycles. The van der Waals surface area contributed by atoms with Gasteiger partial charge in [-0.25, -0.2) is 0 Å². The van der Waals surface area contributed by atoms with E-state index in [4.69, 9.17) is 14.2 Å². The fourth-order valence-electron chi connectivity index (χ4n) is 6.98. The summed E-state index contributed by atoms with van der Waals surface area (Å²) in [7, 11) is 0. The minimum absolute atomic E-state index is 0.0982. The second-order valence-electron chi connectivity index (χ2n) is 16.8. The Morgan fingerprint density at radius 3 is 1.00 bits per heavy atom. The van der Waals surface area contributed by atoms with E-state index in [0.717, 1.165) is 89.9 Å². The van der Waals surface area contributed by atoms with E-state index in [1.165, 1.54) is 96.3 Å². The third-order valence-corrected chi connectivity index (χ3v) is 10.8. The van der Waals surface area contributed by atoms with Crippen LogP contribution in [0.25, 0.3) is 0 Å². The van der Waals surface area contributed by atoms with Crippen LogP contribution in [0.4, 0.5) is 0 Å². The van der Waals surface area contributed by atoms with Crippen LogP contribution in [0.5, 0.6) is 0 Å². The summed E-state index contributed by atoms with van der Waals surface area (Å²) >= 11 is 0. The number of carbonyl (C=O) groups excluding carboxylic acids is 3. The Balaban J connectivity index is 4.41. The van der Waals surface area contributed by atoms with Crippen molar-refractivity contribution >= 4 is 17.9 Å². The minimum atomic E-state index is -0.803. The van der Waals surface area contributed by atoms with Gasteiger partial charge in [0.05, 0.1) is 0 Å². The zero-order chi connectivity index (χ0) is 45.1. The lowest BCUT2D eigenvalue weighted by atomic mass is 10.0. The van der Waals surface area contributed by atoms with Gasteiger partial charge in [0.2, 0.25) is 0 Å². The number of esters is 3. The Labute approximate surface area is 382 Å². The maximum Gasteiger partial charge on any atom is 0.306 e. The number of hydrogen-bond donors (Lipinski definition) is 0. The molecule has 0 aromatic rings. The largest absolute Gasteiger partial charge is 0.462 e. The van der Waals surface area contributed by atoms with Crippen molar-refractivity contribution in [3.05, 3.63) is 85.1 Å². The van der Waals surface area contributed by atoms with Crippen molar-refractivity contribution in [1.29, 1.82) is 0 Å². The number of unbranched alkanes of at least 4 members (excludes halogenated alkanes) is 25. The van der Waals surface area contributed by atoms with E-state index in [-0.39, 0.29) is 37.5 Å². The summed E-state index contributed by atoms with van der Waals surface area (Å²) in [6.07, 6.45) is 64.3. The average molecular weight is 863 g/mol. The van der Waals surface area contributed by atoms with Gasteiger partial charge in [0.15, 0.2) is 6.10 Å². The van der Waals surface area contributed by atoms with Crippen LogP contribution < -0.4 is 0 Å². The number of hydrogen-bond acceptors (Lipinski definition) is 6. The first-order chi connectivity index (χ1) is 30.5. The summed E-state index contributed by atoms with van der Waals surface area (Å²) in [6, 6.07) is 0. The van der Waals surface area contributed by atoms with Gasteiger partial charge >= 0.3 is 17.9 Å². The van der Waals surface area contributed by atoms with Crippen LogP contribution in [-0.4, -0.2) is 37.2 Å². The molecule has 0 radical (unpaired) electrons. The quantitative estimate of drug-likeness (QED) is 0.0263. The third-order valence-electron chi connectivity index (χ3n) is 10.8. The van der Waals surface area contributed by atoms with E-state index in [1.54, 1.807) is 0 Å². The van der Waals surface area contributed by atoms with Gasteiger partial charge in [-0.1, -0.05) is 241 Å².